The summed E-state index contributed by atoms with van der Waals surface area (Å²) in [5, 5.41) is 6.14. The molecule has 2 aromatic rings. The molecule has 0 spiro atoms. The van der Waals surface area contributed by atoms with Crippen LogP contribution in [0.3, 0.4) is 0 Å². The molecule has 26 heavy (non-hydrogen) atoms. The van der Waals surface area contributed by atoms with E-state index in [4.69, 9.17) is 0 Å². The lowest BCUT2D eigenvalue weighted by Crippen LogP contribution is -2.45. The fourth-order valence-corrected chi connectivity index (χ4v) is 4.14. The maximum atomic E-state index is 12.5. The van der Waals surface area contributed by atoms with Crippen molar-refractivity contribution in [1.82, 2.24) is 19.8 Å². The Morgan fingerprint density at radius 3 is 2.77 bits per heavy atom. The second-order valence-electron chi connectivity index (χ2n) is 7.14. The Hall–Kier alpha value is -1.44. The number of hydrogen-bond acceptors (Lipinski definition) is 5. The molecular formula is C18H25ClN4O2S. The molecule has 8 heteroatoms. The van der Waals surface area contributed by atoms with E-state index in [0.29, 0.717) is 24.4 Å². The topological polar surface area (TPSA) is 67.2 Å². The third kappa shape index (κ3) is 4.45. The maximum Gasteiger partial charge on any atom is 0.262 e. The number of carbonyl (C=O) groups is 1. The SMILES string of the molecule is Cl.O=C(CCn1cnc2sccc2c1=O)N1CCC(NCC2CC2)CC1. The Morgan fingerprint density at radius 2 is 2.04 bits per heavy atom. The normalized spacial score (nSPS) is 18.1. The summed E-state index contributed by atoms with van der Waals surface area (Å²) in [5.74, 6) is 1.03. The third-order valence-corrected chi connectivity index (χ3v) is 6.08. The first-order valence-corrected chi connectivity index (χ1v) is 10.0. The number of likely N-dealkylation sites (tertiary alicyclic amines) is 1. The largest absolute Gasteiger partial charge is 0.343 e. The van der Waals surface area contributed by atoms with Crippen molar-refractivity contribution in [2.45, 2.75) is 44.7 Å². The highest BCUT2D eigenvalue weighted by Crippen LogP contribution is 2.28. The highest BCUT2D eigenvalue weighted by atomic mass is 35.5. The van der Waals surface area contributed by atoms with Crippen molar-refractivity contribution in [1.29, 1.82) is 0 Å². The van der Waals surface area contributed by atoms with Crippen LogP contribution in [-0.4, -0.2) is 46.0 Å². The fourth-order valence-electron chi connectivity index (χ4n) is 3.42. The molecule has 0 atom stereocenters. The van der Waals surface area contributed by atoms with Gasteiger partial charge in [-0.05, 0) is 49.6 Å². The monoisotopic (exact) mass is 396 g/mol. The molecule has 1 aliphatic carbocycles. The highest BCUT2D eigenvalue weighted by molar-refractivity contribution is 7.16. The molecule has 1 aliphatic heterocycles. The Kier molecular flexibility index (Phi) is 6.32. The van der Waals surface area contributed by atoms with Crippen LogP contribution in [0.25, 0.3) is 10.2 Å². The van der Waals surface area contributed by atoms with E-state index < -0.39 is 0 Å². The van der Waals surface area contributed by atoms with Crippen molar-refractivity contribution in [3.63, 3.8) is 0 Å². The summed E-state index contributed by atoms with van der Waals surface area (Å²) in [4.78, 5) is 31.8. The van der Waals surface area contributed by atoms with Crippen LogP contribution in [0.2, 0.25) is 0 Å². The molecule has 2 aliphatic rings. The van der Waals surface area contributed by atoms with E-state index in [1.807, 2.05) is 10.3 Å². The van der Waals surface area contributed by atoms with Crippen molar-refractivity contribution < 1.29 is 4.79 Å². The number of hydrogen-bond donors (Lipinski definition) is 1. The Bertz CT molecular complexity index is 809. The molecule has 2 aromatic heterocycles. The molecule has 1 amide bonds. The summed E-state index contributed by atoms with van der Waals surface area (Å²) in [6.07, 6.45) is 6.72. The number of piperidine rings is 1. The van der Waals surface area contributed by atoms with Gasteiger partial charge in [0.25, 0.3) is 5.56 Å². The van der Waals surface area contributed by atoms with Gasteiger partial charge in [0.1, 0.15) is 4.83 Å². The molecule has 2 fully saturated rings. The van der Waals surface area contributed by atoms with Crippen LogP contribution < -0.4 is 10.9 Å². The number of aryl methyl sites for hydroxylation is 1. The smallest absolute Gasteiger partial charge is 0.262 e. The lowest BCUT2D eigenvalue weighted by atomic mass is 10.0. The minimum atomic E-state index is -0.0537. The van der Waals surface area contributed by atoms with Crippen molar-refractivity contribution in [3.8, 4) is 0 Å². The van der Waals surface area contributed by atoms with Crippen LogP contribution in [0.15, 0.2) is 22.6 Å². The highest BCUT2D eigenvalue weighted by Gasteiger charge is 2.25. The lowest BCUT2D eigenvalue weighted by Gasteiger charge is -2.32. The standard InChI is InChI=1S/C18H24N4O2S.ClH/c23-16(21-7-3-14(4-8-21)19-11-13-1-2-13)5-9-22-12-20-17-15(18(22)24)6-10-25-17;/h6,10,12-14,19H,1-5,7-9,11H2;1H. The second-order valence-corrected chi connectivity index (χ2v) is 8.03. The van der Waals surface area contributed by atoms with Crippen molar-refractivity contribution >= 4 is 39.9 Å². The van der Waals surface area contributed by atoms with Crippen molar-refractivity contribution in [2.75, 3.05) is 19.6 Å². The van der Waals surface area contributed by atoms with Gasteiger partial charge in [0, 0.05) is 32.1 Å². The Morgan fingerprint density at radius 1 is 1.27 bits per heavy atom. The van der Waals surface area contributed by atoms with E-state index in [9.17, 15) is 9.59 Å². The molecule has 3 heterocycles. The van der Waals surface area contributed by atoms with Crippen LogP contribution in [0.4, 0.5) is 0 Å². The van der Waals surface area contributed by atoms with Crippen molar-refractivity contribution in [3.05, 3.63) is 28.1 Å². The van der Waals surface area contributed by atoms with E-state index in [-0.39, 0.29) is 23.9 Å². The summed E-state index contributed by atoms with van der Waals surface area (Å²) in [5.41, 5.74) is -0.0537. The van der Waals surface area contributed by atoms with Crippen LogP contribution in [0, 0.1) is 5.92 Å². The zero-order chi connectivity index (χ0) is 17.2. The van der Waals surface area contributed by atoms with E-state index >= 15 is 0 Å². The van der Waals surface area contributed by atoms with Gasteiger partial charge in [0.2, 0.25) is 5.91 Å². The van der Waals surface area contributed by atoms with E-state index in [0.717, 1.165) is 43.2 Å². The van der Waals surface area contributed by atoms with Gasteiger partial charge in [-0.1, -0.05) is 0 Å². The van der Waals surface area contributed by atoms with Crippen LogP contribution in [0.5, 0.6) is 0 Å². The minimum Gasteiger partial charge on any atom is -0.343 e. The van der Waals surface area contributed by atoms with Gasteiger partial charge in [0.15, 0.2) is 0 Å². The summed E-state index contributed by atoms with van der Waals surface area (Å²) in [6, 6.07) is 2.35. The average Bonchev–Trinajstić information content (AvgIpc) is 3.34. The number of nitrogens with zero attached hydrogens (tertiary/aromatic N) is 3. The van der Waals surface area contributed by atoms with Crippen molar-refractivity contribution in [2.24, 2.45) is 5.92 Å². The zero-order valence-corrected chi connectivity index (χ0v) is 16.4. The first-order valence-electron chi connectivity index (χ1n) is 9.14. The predicted molar refractivity (Wildman–Crippen MR) is 106 cm³/mol. The number of rotatable bonds is 6. The van der Waals surface area contributed by atoms with Gasteiger partial charge in [-0.2, -0.15) is 0 Å². The number of nitrogens with one attached hydrogen (secondary N) is 1. The number of halogens is 1. The Labute approximate surface area is 163 Å². The van der Waals surface area contributed by atoms with Gasteiger partial charge in [-0.3, -0.25) is 14.2 Å². The Balaban J connectivity index is 0.00000196. The lowest BCUT2D eigenvalue weighted by molar-refractivity contribution is -0.132. The average molecular weight is 397 g/mol. The number of fused-ring (bicyclic) bond motifs is 1. The molecule has 1 saturated heterocycles. The van der Waals surface area contributed by atoms with Gasteiger partial charge in [-0.15, -0.1) is 23.7 Å². The first kappa shape index (κ1) is 19.3. The van der Waals surface area contributed by atoms with Gasteiger partial charge < -0.3 is 10.2 Å². The van der Waals surface area contributed by atoms with E-state index in [1.165, 1.54) is 24.2 Å². The quantitative estimate of drug-likeness (QED) is 0.813. The number of aromatic nitrogens is 2. The van der Waals surface area contributed by atoms with Gasteiger partial charge in [0.05, 0.1) is 11.7 Å². The van der Waals surface area contributed by atoms with Crippen LogP contribution in [-0.2, 0) is 11.3 Å². The molecule has 142 valence electrons. The van der Waals surface area contributed by atoms with Gasteiger partial charge in [-0.25, -0.2) is 4.98 Å². The third-order valence-electron chi connectivity index (χ3n) is 5.26. The van der Waals surface area contributed by atoms with Crippen LogP contribution >= 0.6 is 23.7 Å². The molecule has 0 bridgehead atoms. The predicted octanol–water partition coefficient (Wildman–Crippen LogP) is 2.26. The molecule has 6 nitrogen and oxygen atoms in total. The molecule has 0 aromatic carbocycles. The van der Waals surface area contributed by atoms with Gasteiger partial charge >= 0.3 is 0 Å². The summed E-state index contributed by atoms with van der Waals surface area (Å²) < 4.78 is 1.55. The number of carbonyl (C=O) groups excluding carboxylic acids is 1. The van der Waals surface area contributed by atoms with E-state index in [2.05, 4.69) is 10.3 Å². The number of thiophene rings is 1. The molecule has 1 saturated carbocycles. The second kappa shape index (κ2) is 8.50. The summed E-state index contributed by atoms with van der Waals surface area (Å²) in [7, 11) is 0. The minimum absolute atomic E-state index is 0. The first-order chi connectivity index (χ1) is 12.2. The molecular weight excluding hydrogens is 372 g/mol. The molecule has 0 unspecified atom stereocenters. The van der Waals surface area contributed by atoms with E-state index in [1.54, 1.807) is 17.0 Å². The fraction of sp³-hybridized carbons (Fsp3) is 0.611. The molecule has 0 radical (unpaired) electrons. The molecule has 1 N–H and O–H groups in total. The zero-order valence-electron chi connectivity index (χ0n) is 14.7. The number of amides is 1. The summed E-state index contributed by atoms with van der Waals surface area (Å²) >= 11 is 1.46. The van der Waals surface area contributed by atoms with Crippen LogP contribution in [0.1, 0.15) is 32.1 Å². The maximum absolute atomic E-state index is 12.5. The summed E-state index contributed by atoms with van der Waals surface area (Å²) in [6.45, 7) is 3.17. The molecule has 4 rings (SSSR count).